The van der Waals surface area contributed by atoms with Gasteiger partial charge in [-0.25, -0.2) is 0 Å². The number of hydrogen-bond acceptors (Lipinski definition) is 2. The lowest BCUT2D eigenvalue weighted by molar-refractivity contribution is -0.115. The van der Waals surface area contributed by atoms with Crippen LogP contribution in [-0.4, -0.2) is 5.91 Å². The van der Waals surface area contributed by atoms with Crippen LogP contribution < -0.4 is 5.32 Å². The number of fused-ring (bicyclic) bond motifs is 1. The van der Waals surface area contributed by atoms with E-state index in [-0.39, 0.29) is 5.91 Å². The summed E-state index contributed by atoms with van der Waals surface area (Å²) in [5.41, 5.74) is 0.875. The van der Waals surface area contributed by atoms with Gasteiger partial charge in [-0.15, -0.1) is 11.3 Å². The fourth-order valence-corrected chi connectivity index (χ4v) is 2.80. The van der Waals surface area contributed by atoms with Gasteiger partial charge in [-0.05, 0) is 22.9 Å². The van der Waals surface area contributed by atoms with Crippen LogP contribution >= 0.6 is 11.3 Å². The molecule has 2 aromatic carbocycles. The molecule has 0 saturated carbocycles. The Morgan fingerprint density at radius 2 is 1.84 bits per heavy atom. The second kappa shape index (κ2) is 5.24. The predicted octanol–water partition coefficient (Wildman–Crippen LogP) is 4.08. The molecule has 0 aliphatic rings. The summed E-state index contributed by atoms with van der Waals surface area (Å²) in [6.45, 7) is 0. The maximum Gasteiger partial charge on any atom is 0.229 e. The van der Waals surface area contributed by atoms with Crippen LogP contribution in [0.5, 0.6) is 0 Å². The van der Waals surface area contributed by atoms with Crippen molar-refractivity contribution < 1.29 is 4.79 Å². The van der Waals surface area contributed by atoms with Crippen LogP contribution in [0.2, 0.25) is 0 Å². The van der Waals surface area contributed by atoms with E-state index in [4.69, 9.17) is 0 Å². The molecule has 3 rings (SSSR count). The molecule has 0 aliphatic heterocycles. The largest absolute Gasteiger partial charge is 0.325 e. The molecule has 1 amide bonds. The Morgan fingerprint density at radius 3 is 2.68 bits per heavy atom. The maximum atomic E-state index is 12.0. The van der Waals surface area contributed by atoms with Crippen molar-refractivity contribution >= 4 is 33.7 Å². The number of carbonyl (C=O) groups excluding carboxylic acids is 1. The number of hydrogen-bond donors (Lipinski definition) is 1. The summed E-state index contributed by atoms with van der Waals surface area (Å²) in [5.74, 6) is 0.0267. The van der Waals surface area contributed by atoms with Crippen molar-refractivity contribution in [2.24, 2.45) is 0 Å². The first-order valence-corrected chi connectivity index (χ1v) is 7.01. The molecule has 94 valence electrons. The monoisotopic (exact) mass is 267 g/mol. The molecule has 1 aromatic heterocycles. The number of benzene rings is 2. The standard InChI is InChI=1S/C16H13NOS/c18-16(11-13-7-4-10-19-13)17-15-9-3-6-12-5-1-2-8-14(12)15/h1-10H,11H2,(H,17,18). The van der Waals surface area contributed by atoms with E-state index in [1.165, 1.54) is 0 Å². The van der Waals surface area contributed by atoms with Gasteiger partial charge in [0.25, 0.3) is 0 Å². The third-order valence-electron chi connectivity index (χ3n) is 2.98. The van der Waals surface area contributed by atoms with Crippen molar-refractivity contribution in [2.45, 2.75) is 6.42 Å². The Bertz CT molecular complexity index is 698. The quantitative estimate of drug-likeness (QED) is 0.761. The highest BCUT2D eigenvalue weighted by Crippen LogP contribution is 2.23. The molecule has 0 aliphatic carbocycles. The highest BCUT2D eigenvalue weighted by molar-refractivity contribution is 7.10. The topological polar surface area (TPSA) is 29.1 Å². The zero-order valence-corrected chi connectivity index (χ0v) is 11.1. The smallest absolute Gasteiger partial charge is 0.229 e. The molecule has 1 heterocycles. The van der Waals surface area contributed by atoms with Crippen LogP contribution in [-0.2, 0) is 11.2 Å². The van der Waals surface area contributed by atoms with Crippen molar-refractivity contribution in [3.05, 3.63) is 64.9 Å². The van der Waals surface area contributed by atoms with E-state index in [1.54, 1.807) is 11.3 Å². The zero-order valence-electron chi connectivity index (χ0n) is 10.3. The Labute approximate surface area is 115 Å². The molecule has 1 N–H and O–H groups in total. The molecule has 2 nitrogen and oxygen atoms in total. The van der Waals surface area contributed by atoms with Gasteiger partial charge >= 0.3 is 0 Å². The third kappa shape index (κ3) is 2.66. The minimum Gasteiger partial charge on any atom is -0.325 e. The highest BCUT2D eigenvalue weighted by Gasteiger charge is 2.07. The van der Waals surface area contributed by atoms with E-state index in [0.29, 0.717) is 6.42 Å². The number of carbonyl (C=O) groups is 1. The summed E-state index contributed by atoms with van der Waals surface area (Å²) in [6, 6.07) is 17.9. The third-order valence-corrected chi connectivity index (χ3v) is 3.86. The van der Waals surface area contributed by atoms with Crippen LogP contribution in [0.1, 0.15) is 4.88 Å². The average molecular weight is 267 g/mol. The van der Waals surface area contributed by atoms with Gasteiger partial charge in [0.15, 0.2) is 0 Å². The number of rotatable bonds is 3. The lowest BCUT2D eigenvalue weighted by Crippen LogP contribution is -2.13. The van der Waals surface area contributed by atoms with E-state index < -0.39 is 0 Å². The Morgan fingerprint density at radius 1 is 1.00 bits per heavy atom. The Hall–Kier alpha value is -2.13. The summed E-state index contributed by atoms with van der Waals surface area (Å²) >= 11 is 1.60. The van der Waals surface area contributed by atoms with Gasteiger partial charge < -0.3 is 5.32 Å². The summed E-state index contributed by atoms with van der Waals surface area (Å²) in [6.07, 6.45) is 0.431. The van der Waals surface area contributed by atoms with Crippen molar-refractivity contribution in [3.8, 4) is 0 Å². The van der Waals surface area contributed by atoms with Gasteiger partial charge in [0.05, 0.1) is 6.42 Å². The minimum absolute atomic E-state index is 0.0267. The molecule has 0 spiro atoms. The number of nitrogens with one attached hydrogen (secondary N) is 1. The van der Waals surface area contributed by atoms with Crippen LogP contribution in [0.15, 0.2) is 60.0 Å². The van der Waals surface area contributed by atoms with E-state index in [1.807, 2.05) is 60.0 Å². The molecule has 0 unspecified atom stereocenters. The van der Waals surface area contributed by atoms with Gasteiger partial charge in [0, 0.05) is 16.0 Å². The second-order valence-corrected chi connectivity index (χ2v) is 5.36. The van der Waals surface area contributed by atoms with Crippen LogP contribution in [0.4, 0.5) is 5.69 Å². The first-order chi connectivity index (χ1) is 9.33. The Balaban J connectivity index is 1.83. The lowest BCUT2D eigenvalue weighted by atomic mass is 10.1. The zero-order chi connectivity index (χ0) is 13.1. The number of thiophene rings is 1. The molecule has 3 heteroatoms. The molecule has 3 aromatic rings. The molecule has 19 heavy (non-hydrogen) atoms. The van der Waals surface area contributed by atoms with E-state index in [9.17, 15) is 4.79 Å². The molecule has 0 bridgehead atoms. The van der Waals surface area contributed by atoms with Crippen LogP contribution in [0.3, 0.4) is 0 Å². The van der Waals surface area contributed by atoms with Crippen molar-refractivity contribution in [1.82, 2.24) is 0 Å². The maximum absolute atomic E-state index is 12.0. The second-order valence-electron chi connectivity index (χ2n) is 4.33. The number of anilines is 1. The predicted molar refractivity (Wildman–Crippen MR) is 80.6 cm³/mol. The molecule has 0 fully saturated rings. The first-order valence-electron chi connectivity index (χ1n) is 6.13. The van der Waals surface area contributed by atoms with Crippen molar-refractivity contribution in [1.29, 1.82) is 0 Å². The number of amides is 1. The van der Waals surface area contributed by atoms with Crippen LogP contribution in [0, 0.1) is 0 Å². The average Bonchev–Trinajstić information content (AvgIpc) is 2.92. The van der Waals surface area contributed by atoms with Crippen molar-refractivity contribution in [2.75, 3.05) is 5.32 Å². The van der Waals surface area contributed by atoms with E-state index >= 15 is 0 Å². The lowest BCUT2D eigenvalue weighted by Gasteiger charge is -2.08. The van der Waals surface area contributed by atoms with Crippen molar-refractivity contribution in [3.63, 3.8) is 0 Å². The van der Waals surface area contributed by atoms with E-state index in [0.717, 1.165) is 21.3 Å². The molecular weight excluding hydrogens is 254 g/mol. The Kier molecular flexibility index (Phi) is 3.29. The van der Waals surface area contributed by atoms with Gasteiger partial charge in [-0.3, -0.25) is 4.79 Å². The summed E-state index contributed by atoms with van der Waals surface area (Å²) in [7, 11) is 0. The summed E-state index contributed by atoms with van der Waals surface area (Å²) < 4.78 is 0. The normalized spacial score (nSPS) is 10.5. The fraction of sp³-hybridized carbons (Fsp3) is 0.0625. The SMILES string of the molecule is O=C(Cc1cccs1)Nc1cccc2ccccc12. The summed E-state index contributed by atoms with van der Waals surface area (Å²) in [5, 5.41) is 7.19. The molecule has 0 atom stereocenters. The van der Waals surface area contributed by atoms with Gasteiger partial charge in [-0.1, -0.05) is 42.5 Å². The molecular formula is C16H13NOS. The minimum atomic E-state index is 0.0267. The molecule has 0 radical (unpaired) electrons. The van der Waals surface area contributed by atoms with E-state index in [2.05, 4.69) is 5.32 Å². The highest BCUT2D eigenvalue weighted by atomic mass is 32.1. The van der Waals surface area contributed by atoms with Gasteiger partial charge in [0.2, 0.25) is 5.91 Å². The van der Waals surface area contributed by atoms with Crippen LogP contribution in [0.25, 0.3) is 10.8 Å². The fourth-order valence-electron chi connectivity index (χ4n) is 2.10. The van der Waals surface area contributed by atoms with Gasteiger partial charge in [0.1, 0.15) is 0 Å². The summed E-state index contributed by atoms with van der Waals surface area (Å²) in [4.78, 5) is 13.1. The first kappa shape index (κ1) is 11.9. The van der Waals surface area contributed by atoms with Gasteiger partial charge in [-0.2, -0.15) is 0 Å². The molecule has 0 saturated heterocycles.